The smallest absolute Gasteiger partial charge is 0.246 e. The molecular formula is C20H21BrN6O. The Kier molecular flexibility index (Phi) is 5.50. The van der Waals surface area contributed by atoms with Gasteiger partial charge in [0, 0.05) is 22.8 Å². The van der Waals surface area contributed by atoms with Crippen LogP contribution in [-0.2, 0) is 11.8 Å². The fourth-order valence-electron chi connectivity index (χ4n) is 3.59. The summed E-state index contributed by atoms with van der Waals surface area (Å²) in [5.41, 5.74) is 2.58. The van der Waals surface area contributed by atoms with Crippen LogP contribution < -0.4 is 5.32 Å². The highest BCUT2D eigenvalue weighted by atomic mass is 79.9. The normalized spacial score (nSPS) is 15.5. The summed E-state index contributed by atoms with van der Waals surface area (Å²) in [5, 5.41) is 14.7. The van der Waals surface area contributed by atoms with Crippen molar-refractivity contribution in [3.63, 3.8) is 0 Å². The molecule has 0 bridgehead atoms. The Hall–Kier alpha value is -2.58. The van der Waals surface area contributed by atoms with Crippen LogP contribution in [0.1, 0.15) is 24.4 Å². The van der Waals surface area contributed by atoms with Gasteiger partial charge in [-0.2, -0.15) is 0 Å². The van der Waals surface area contributed by atoms with E-state index in [1.54, 1.807) is 11.7 Å². The van der Waals surface area contributed by atoms with Crippen molar-refractivity contribution in [2.45, 2.75) is 18.9 Å². The third kappa shape index (κ3) is 3.98. The Morgan fingerprint density at radius 2 is 1.89 bits per heavy atom. The topological polar surface area (TPSA) is 75.9 Å². The molecule has 144 valence electrons. The number of tetrazole rings is 1. The summed E-state index contributed by atoms with van der Waals surface area (Å²) in [5.74, 6) is 0.623. The number of carbonyl (C=O) groups is 1. The second kappa shape index (κ2) is 8.20. The molecule has 2 aromatic carbocycles. The minimum absolute atomic E-state index is 0.0301. The maximum atomic E-state index is 13.2. The number of nitrogens with zero attached hydrogens (tertiary/aromatic N) is 5. The van der Waals surface area contributed by atoms with E-state index in [0.29, 0.717) is 5.82 Å². The van der Waals surface area contributed by atoms with E-state index in [1.165, 1.54) is 0 Å². The van der Waals surface area contributed by atoms with E-state index in [2.05, 4.69) is 41.7 Å². The lowest BCUT2D eigenvalue weighted by molar-refractivity contribution is -0.121. The van der Waals surface area contributed by atoms with Gasteiger partial charge in [0.15, 0.2) is 5.82 Å². The van der Waals surface area contributed by atoms with E-state index in [0.717, 1.165) is 47.2 Å². The van der Waals surface area contributed by atoms with Gasteiger partial charge in [0.1, 0.15) is 6.04 Å². The minimum atomic E-state index is -0.309. The van der Waals surface area contributed by atoms with E-state index in [-0.39, 0.29) is 11.9 Å². The Balaban J connectivity index is 1.59. The van der Waals surface area contributed by atoms with Gasteiger partial charge in [-0.05, 0) is 66.2 Å². The van der Waals surface area contributed by atoms with Crippen LogP contribution >= 0.6 is 15.9 Å². The van der Waals surface area contributed by atoms with Gasteiger partial charge < -0.3 is 5.32 Å². The Morgan fingerprint density at radius 3 is 2.57 bits per heavy atom. The SMILES string of the molecule is Cn1nnnc1-c1cccc(NC(=O)[C@H](c2ccc(Br)cc2)N2CCCC2)c1. The van der Waals surface area contributed by atoms with Crippen molar-refractivity contribution in [2.24, 2.45) is 7.05 Å². The van der Waals surface area contributed by atoms with E-state index in [4.69, 9.17) is 0 Å². The van der Waals surface area contributed by atoms with E-state index in [9.17, 15) is 4.79 Å². The summed E-state index contributed by atoms with van der Waals surface area (Å²) in [6.45, 7) is 1.86. The van der Waals surface area contributed by atoms with E-state index >= 15 is 0 Å². The number of halogens is 1. The van der Waals surface area contributed by atoms with Crippen LogP contribution in [0.3, 0.4) is 0 Å². The van der Waals surface area contributed by atoms with Crippen LogP contribution in [0, 0.1) is 0 Å². The molecule has 1 aliphatic heterocycles. The fraction of sp³-hybridized carbons (Fsp3) is 0.300. The quantitative estimate of drug-likeness (QED) is 0.657. The van der Waals surface area contributed by atoms with Gasteiger partial charge in [0.25, 0.3) is 0 Å². The van der Waals surface area contributed by atoms with Crippen molar-refractivity contribution < 1.29 is 4.79 Å². The lowest BCUT2D eigenvalue weighted by Crippen LogP contribution is -2.35. The monoisotopic (exact) mass is 440 g/mol. The predicted octanol–water partition coefficient (Wildman–Crippen LogP) is 3.42. The number of aromatic nitrogens is 4. The highest BCUT2D eigenvalue weighted by Gasteiger charge is 2.29. The number of hydrogen-bond acceptors (Lipinski definition) is 5. The van der Waals surface area contributed by atoms with E-state index in [1.807, 2.05) is 48.5 Å². The van der Waals surface area contributed by atoms with Crippen LogP contribution in [0.25, 0.3) is 11.4 Å². The average molecular weight is 441 g/mol. The molecule has 7 nitrogen and oxygen atoms in total. The summed E-state index contributed by atoms with van der Waals surface area (Å²) in [4.78, 5) is 15.5. The molecule has 0 spiro atoms. The van der Waals surface area contributed by atoms with Crippen molar-refractivity contribution >= 4 is 27.5 Å². The molecule has 8 heteroatoms. The summed E-state index contributed by atoms with van der Waals surface area (Å²) < 4.78 is 2.61. The van der Waals surface area contributed by atoms with Crippen LogP contribution in [0.4, 0.5) is 5.69 Å². The van der Waals surface area contributed by atoms with Crippen molar-refractivity contribution in [3.05, 3.63) is 58.6 Å². The molecule has 3 aromatic rings. The van der Waals surface area contributed by atoms with Gasteiger partial charge in [-0.1, -0.05) is 40.2 Å². The van der Waals surface area contributed by atoms with Gasteiger partial charge in [-0.25, -0.2) is 4.68 Å². The number of rotatable bonds is 5. The lowest BCUT2D eigenvalue weighted by atomic mass is 10.0. The first-order valence-corrected chi connectivity index (χ1v) is 10.0. The molecule has 1 saturated heterocycles. The van der Waals surface area contributed by atoms with Gasteiger partial charge in [0.05, 0.1) is 0 Å². The standard InChI is InChI=1S/C20H21BrN6O/c1-26-19(23-24-25-26)15-5-4-6-17(13-15)22-20(28)18(27-11-2-3-12-27)14-7-9-16(21)10-8-14/h4-10,13,18H,2-3,11-12H2,1H3,(H,22,28)/t18-/m0/s1. The first kappa shape index (κ1) is 18.8. The summed E-state index contributed by atoms with van der Waals surface area (Å²) in [7, 11) is 1.79. The maximum absolute atomic E-state index is 13.2. The first-order chi connectivity index (χ1) is 13.6. The number of aryl methyl sites for hydroxylation is 1. The zero-order valence-corrected chi connectivity index (χ0v) is 17.1. The number of likely N-dealkylation sites (tertiary alicyclic amines) is 1. The molecule has 4 rings (SSSR count). The molecule has 1 atom stereocenters. The molecular weight excluding hydrogens is 420 g/mol. The molecule has 0 aliphatic carbocycles. The predicted molar refractivity (Wildman–Crippen MR) is 111 cm³/mol. The summed E-state index contributed by atoms with van der Waals surface area (Å²) in [6, 6.07) is 15.3. The summed E-state index contributed by atoms with van der Waals surface area (Å²) >= 11 is 3.47. The number of anilines is 1. The molecule has 2 heterocycles. The second-order valence-corrected chi connectivity index (χ2v) is 7.81. The van der Waals surface area contributed by atoms with Crippen LogP contribution in [-0.4, -0.2) is 44.1 Å². The lowest BCUT2D eigenvalue weighted by Gasteiger charge is -2.27. The van der Waals surface area contributed by atoms with Crippen molar-refractivity contribution in [3.8, 4) is 11.4 Å². The molecule has 1 N–H and O–H groups in total. The molecule has 1 aromatic heterocycles. The van der Waals surface area contributed by atoms with Gasteiger partial charge in [0.2, 0.25) is 5.91 Å². The Morgan fingerprint density at radius 1 is 1.14 bits per heavy atom. The van der Waals surface area contributed by atoms with Crippen LogP contribution in [0.15, 0.2) is 53.0 Å². The Bertz CT molecular complexity index is 965. The van der Waals surface area contributed by atoms with Crippen LogP contribution in [0.5, 0.6) is 0 Å². The molecule has 0 unspecified atom stereocenters. The zero-order valence-electron chi connectivity index (χ0n) is 15.5. The number of carbonyl (C=O) groups excluding carboxylic acids is 1. The largest absolute Gasteiger partial charge is 0.324 e. The fourth-order valence-corrected chi connectivity index (χ4v) is 3.86. The van der Waals surface area contributed by atoms with Crippen LogP contribution in [0.2, 0.25) is 0 Å². The van der Waals surface area contributed by atoms with Gasteiger partial charge >= 0.3 is 0 Å². The van der Waals surface area contributed by atoms with Crippen molar-refractivity contribution in [2.75, 3.05) is 18.4 Å². The highest BCUT2D eigenvalue weighted by molar-refractivity contribution is 9.10. The molecule has 1 fully saturated rings. The average Bonchev–Trinajstić information content (AvgIpc) is 3.36. The highest BCUT2D eigenvalue weighted by Crippen LogP contribution is 2.28. The Labute approximate surface area is 171 Å². The molecule has 1 amide bonds. The number of nitrogens with one attached hydrogen (secondary N) is 1. The minimum Gasteiger partial charge on any atom is -0.324 e. The molecule has 0 radical (unpaired) electrons. The molecule has 1 aliphatic rings. The third-order valence-corrected chi connectivity index (χ3v) is 5.48. The van der Waals surface area contributed by atoms with Crippen molar-refractivity contribution in [1.29, 1.82) is 0 Å². The van der Waals surface area contributed by atoms with Gasteiger partial charge in [-0.3, -0.25) is 9.69 Å². The zero-order chi connectivity index (χ0) is 19.5. The second-order valence-electron chi connectivity index (χ2n) is 6.89. The number of amides is 1. The molecule has 28 heavy (non-hydrogen) atoms. The first-order valence-electron chi connectivity index (χ1n) is 9.25. The third-order valence-electron chi connectivity index (χ3n) is 4.95. The number of hydrogen-bond donors (Lipinski definition) is 1. The molecule has 0 saturated carbocycles. The maximum Gasteiger partial charge on any atom is 0.246 e. The van der Waals surface area contributed by atoms with Gasteiger partial charge in [-0.15, -0.1) is 5.10 Å². The van der Waals surface area contributed by atoms with E-state index < -0.39 is 0 Å². The summed E-state index contributed by atoms with van der Waals surface area (Å²) in [6.07, 6.45) is 2.24. The van der Waals surface area contributed by atoms with Crippen molar-refractivity contribution in [1.82, 2.24) is 25.1 Å². The number of benzene rings is 2.